The van der Waals surface area contributed by atoms with Crippen LogP contribution in [-0.2, 0) is 9.53 Å². The van der Waals surface area contributed by atoms with Crippen LogP contribution in [-0.4, -0.2) is 44.7 Å². The standard InChI is InChI=1S/C10H23N5O2/c1-8(2)14-9(16)7-13-10(15-11)12-5-4-6-17-3/h8H,4-7,11H2,1-3H3,(H,14,16)(H2,12,13,15). The van der Waals surface area contributed by atoms with Crippen molar-refractivity contribution < 1.29 is 9.53 Å². The maximum atomic E-state index is 11.3. The minimum atomic E-state index is -0.133. The molecule has 0 radical (unpaired) electrons. The summed E-state index contributed by atoms with van der Waals surface area (Å²) < 4.78 is 4.90. The number of guanidine groups is 1. The highest BCUT2D eigenvalue weighted by Crippen LogP contribution is 1.80. The van der Waals surface area contributed by atoms with Gasteiger partial charge >= 0.3 is 0 Å². The van der Waals surface area contributed by atoms with E-state index < -0.39 is 0 Å². The molecule has 0 aromatic carbocycles. The summed E-state index contributed by atoms with van der Waals surface area (Å²) in [7, 11) is 1.65. The molecule has 0 heterocycles. The average molecular weight is 245 g/mol. The van der Waals surface area contributed by atoms with Crippen LogP contribution in [0, 0.1) is 0 Å². The predicted molar refractivity (Wildman–Crippen MR) is 67.4 cm³/mol. The number of carbonyl (C=O) groups excluding carboxylic acids is 1. The van der Waals surface area contributed by atoms with Crippen molar-refractivity contribution >= 4 is 11.9 Å². The lowest BCUT2D eigenvalue weighted by Crippen LogP contribution is -2.43. The smallest absolute Gasteiger partial charge is 0.242 e. The summed E-state index contributed by atoms with van der Waals surface area (Å²) in [6.45, 7) is 5.19. The Kier molecular flexibility index (Phi) is 9.08. The zero-order chi connectivity index (χ0) is 13.1. The number of nitrogens with one attached hydrogen (secondary N) is 3. The van der Waals surface area contributed by atoms with Crippen LogP contribution in [0.2, 0.25) is 0 Å². The number of carbonyl (C=O) groups is 1. The first-order valence-corrected chi connectivity index (χ1v) is 5.63. The van der Waals surface area contributed by atoms with Crippen LogP contribution in [0.5, 0.6) is 0 Å². The molecule has 0 fully saturated rings. The molecule has 0 unspecified atom stereocenters. The molecular formula is C10H23N5O2. The van der Waals surface area contributed by atoms with Crippen LogP contribution in [0.3, 0.4) is 0 Å². The third-order valence-corrected chi connectivity index (χ3v) is 1.78. The molecule has 0 atom stereocenters. The predicted octanol–water partition coefficient (Wildman–Crippen LogP) is -1.04. The van der Waals surface area contributed by atoms with Crippen LogP contribution in [0.4, 0.5) is 0 Å². The fourth-order valence-corrected chi connectivity index (χ4v) is 1.09. The van der Waals surface area contributed by atoms with E-state index in [1.54, 1.807) is 7.11 Å². The number of aliphatic imine (C=N–C) groups is 1. The van der Waals surface area contributed by atoms with Crippen molar-refractivity contribution in [1.82, 2.24) is 16.1 Å². The maximum absolute atomic E-state index is 11.3. The molecule has 0 aromatic heterocycles. The van der Waals surface area contributed by atoms with Crippen LogP contribution in [0.15, 0.2) is 4.99 Å². The molecule has 0 spiro atoms. The monoisotopic (exact) mass is 245 g/mol. The lowest BCUT2D eigenvalue weighted by molar-refractivity contribution is -0.120. The Labute approximate surface area is 102 Å². The fraction of sp³-hybridized carbons (Fsp3) is 0.800. The molecule has 17 heavy (non-hydrogen) atoms. The number of ether oxygens (including phenoxy) is 1. The number of amides is 1. The SMILES string of the molecule is COCCCNC(=NCC(=O)NC(C)C)NN. The molecule has 7 nitrogen and oxygen atoms in total. The van der Waals surface area contributed by atoms with Gasteiger partial charge in [0.25, 0.3) is 0 Å². The molecule has 0 saturated heterocycles. The van der Waals surface area contributed by atoms with E-state index in [1.807, 2.05) is 13.8 Å². The summed E-state index contributed by atoms with van der Waals surface area (Å²) in [6, 6.07) is 0.113. The molecule has 100 valence electrons. The maximum Gasteiger partial charge on any atom is 0.242 e. The summed E-state index contributed by atoms with van der Waals surface area (Å²) in [5, 5.41) is 5.70. The average Bonchev–Trinajstić information content (AvgIpc) is 2.27. The Balaban J connectivity index is 3.87. The van der Waals surface area contributed by atoms with Gasteiger partial charge in [0, 0.05) is 26.3 Å². The lowest BCUT2D eigenvalue weighted by Gasteiger charge is -2.10. The van der Waals surface area contributed by atoms with Crippen molar-refractivity contribution in [2.75, 3.05) is 26.8 Å². The van der Waals surface area contributed by atoms with E-state index in [2.05, 4.69) is 21.1 Å². The van der Waals surface area contributed by atoms with Crippen molar-refractivity contribution in [3.8, 4) is 0 Å². The number of hydrogen-bond acceptors (Lipinski definition) is 4. The van der Waals surface area contributed by atoms with E-state index >= 15 is 0 Å². The zero-order valence-electron chi connectivity index (χ0n) is 10.7. The largest absolute Gasteiger partial charge is 0.385 e. The Morgan fingerprint density at radius 2 is 2.18 bits per heavy atom. The number of methoxy groups -OCH3 is 1. The number of rotatable bonds is 7. The fourth-order valence-electron chi connectivity index (χ4n) is 1.09. The van der Waals surface area contributed by atoms with Crippen LogP contribution >= 0.6 is 0 Å². The molecular weight excluding hydrogens is 222 g/mol. The second kappa shape index (κ2) is 9.86. The van der Waals surface area contributed by atoms with E-state index in [-0.39, 0.29) is 18.5 Å². The van der Waals surface area contributed by atoms with E-state index in [0.717, 1.165) is 6.42 Å². The van der Waals surface area contributed by atoms with Crippen molar-refractivity contribution in [1.29, 1.82) is 0 Å². The lowest BCUT2D eigenvalue weighted by atomic mass is 10.4. The van der Waals surface area contributed by atoms with Gasteiger partial charge in [0.1, 0.15) is 6.54 Å². The first-order valence-electron chi connectivity index (χ1n) is 5.63. The second-order valence-corrected chi connectivity index (χ2v) is 3.80. The van der Waals surface area contributed by atoms with Crippen molar-refractivity contribution in [3.05, 3.63) is 0 Å². The summed E-state index contributed by atoms with van der Waals surface area (Å²) in [5.41, 5.74) is 2.41. The van der Waals surface area contributed by atoms with Crippen molar-refractivity contribution in [2.45, 2.75) is 26.3 Å². The van der Waals surface area contributed by atoms with Gasteiger partial charge in [-0.1, -0.05) is 0 Å². The Bertz CT molecular complexity index is 243. The van der Waals surface area contributed by atoms with Gasteiger partial charge < -0.3 is 15.4 Å². The molecule has 0 aromatic rings. The molecule has 0 rings (SSSR count). The highest BCUT2D eigenvalue weighted by Gasteiger charge is 2.02. The number of hydrogen-bond donors (Lipinski definition) is 4. The van der Waals surface area contributed by atoms with Gasteiger partial charge in [-0.2, -0.15) is 0 Å². The van der Waals surface area contributed by atoms with Crippen molar-refractivity contribution in [2.24, 2.45) is 10.8 Å². The summed E-state index contributed by atoms with van der Waals surface area (Å²) in [5.74, 6) is 5.54. The third kappa shape index (κ3) is 9.58. The van der Waals surface area contributed by atoms with Gasteiger partial charge in [-0.25, -0.2) is 10.8 Å². The Morgan fingerprint density at radius 1 is 1.47 bits per heavy atom. The highest BCUT2D eigenvalue weighted by molar-refractivity contribution is 5.84. The first-order chi connectivity index (χ1) is 8.10. The van der Waals surface area contributed by atoms with Crippen LogP contribution in [0.25, 0.3) is 0 Å². The minimum absolute atomic E-state index is 0.0506. The van der Waals surface area contributed by atoms with Crippen molar-refractivity contribution in [3.63, 3.8) is 0 Å². The number of hydrazine groups is 1. The third-order valence-electron chi connectivity index (χ3n) is 1.78. The molecule has 0 bridgehead atoms. The van der Waals surface area contributed by atoms with Gasteiger partial charge in [-0.15, -0.1) is 0 Å². The topological polar surface area (TPSA) is 101 Å². The van der Waals surface area contributed by atoms with Crippen LogP contribution in [0.1, 0.15) is 20.3 Å². The normalized spacial score (nSPS) is 11.5. The first kappa shape index (κ1) is 15.7. The molecule has 0 aliphatic carbocycles. The van der Waals surface area contributed by atoms with Gasteiger partial charge in [0.05, 0.1) is 0 Å². The summed E-state index contributed by atoms with van der Waals surface area (Å²) in [6.07, 6.45) is 0.843. The molecule has 0 saturated carbocycles. The van der Waals surface area contributed by atoms with Crippen LogP contribution < -0.4 is 21.9 Å². The van der Waals surface area contributed by atoms with E-state index in [1.165, 1.54) is 0 Å². The zero-order valence-corrected chi connectivity index (χ0v) is 10.7. The van der Waals surface area contributed by atoms with E-state index in [9.17, 15) is 4.79 Å². The molecule has 1 amide bonds. The molecule has 7 heteroatoms. The van der Waals surface area contributed by atoms with Gasteiger partial charge in [-0.3, -0.25) is 10.2 Å². The number of nitrogens with zero attached hydrogens (tertiary/aromatic N) is 1. The highest BCUT2D eigenvalue weighted by atomic mass is 16.5. The molecule has 0 aliphatic rings. The van der Waals surface area contributed by atoms with Gasteiger partial charge in [0.15, 0.2) is 0 Å². The summed E-state index contributed by atoms with van der Waals surface area (Å²) in [4.78, 5) is 15.3. The van der Waals surface area contributed by atoms with E-state index in [0.29, 0.717) is 19.1 Å². The van der Waals surface area contributed by atoms with Gasteiger partial charge in [-0.05, 0) is 20.3 Å². The summed E-state index contributed by atoms with van der Waals surface area (Å²) >= 11 is 0. The van der Waals surface area contributed by atoms with Gasteiger partial charge in [0.2, 0.25) is 11.9 Å². The second-order valence-electron chi connectivity index (χ2n) is 3.80. The molecule has 0 aliphatic heterocycles. The quantitative estimate of drug-likeness (QED) is 0.151. The Hall–Kier alpha value is -1.34. The Morgan fingerprint density at radius 3 is 2.71 bits per heavy atom. The van der Waals surface area contributed by atoms with E-state index in [4.69, 9.17) is 10.6 Å². The minimum Gasteiger partial charge on any atom is -0.385 e. The number of nitrogens with two attached hydrogens (primary N) is 1. The molecule has 5 N–H and O–H groups in total.